The molecule has 3 aromatic rings. The standard InChI is InChI=1S/C30H37N5O6/c1-18(36)32-26-10-21-22(15-34(5)24(21)12-31-26)23-11-25(20-6-8-40-30(27(20)33-23)7-9-38-17-30)39-16-19-13-35(14-19)28(37)41-29(2,3)4/h10-12,15,19H,6-9,13-14,16-17H2,1-5H3,(H,31,32,36). The molecule has 0 radical (unpaired) electrons. The van der Waals surface area contributed by atoms with E-state index in [4.69, 9.17) is 23.9 Å². The molecule has 2 fully saturated rings. The Kier molecular flexibility index (Phi) is 6.89. The maximum atomic E-state index is 12.4. The Labute approximate surface area is 239 Å². The van der Waals surface area contributed by atoms with E-state index in [0.29, 0.717) is 51.8 Å². The summed E-state index contributed by atoms with van der Waals surface area (Å²) in [7, 11) is 1.96. The van der Waals surface area contributed by atoms with Crippen LogP contribution >= 0.6 is 0 Å². The van der Waals surface area contributed by atoms with Gasteiger partial charge in [0.25, 0.3) is 0 Å². The van der Waals surface area contributed by atoms with Gasteiger partial charge in [0.05, 0.1) is 42.9 Å². The molecule has 3 aliphatic rings. The van der Waals surface area contributed by atoms with E-state index in [1.54, 1.807) is 11.1 Å². The number of carbonyl (C=O) groups excluding carboxylic acids is 2. The molecule has 6 rings (SSSR count). The van der Waals surface area contributed by atoms with Crippen LogP contribution in [-0.4, -0.2) is 76.6 Å². The first-order valence-electron chi connectivity index (χ1n) is 14.1. The van der Waals surface area contributed by atoms with Crippen LogP contribution in [0.4, 0.5) is 10.6 Å². The summed E-state index contributed by atoms with van der Waals surface area (Å²) in [5.41, 5.74) is 3.38. The number of fused-ring (bicyclic) bond motifs is 3. The predicted molar refractivity (Wildman–Crippen MR) is 152 cm³/mol. The summed E-state index contributed by atoms with van der Waals surface area (Å²) in [5.74, 6) is 1.29. The number of carbonyl (C=O) groups is 2. The van der Waals surface area contributed by atoms with Crippen LogP contribution in [0.15, 0.2) is 24.5 Å². The zero-order valence-corrected chi connectivity index (χ0v) is 24.3. The van der Waals surface area contributed by atoms with E-state index in [2.05, 4.69) is 10.3 Å². The van der Waals surface area contributed by atoms with Crippen LogP contribution in [0.25, 0.3) is 22.2 Å². The van der Waals surface area contributed by atoms with Gasteiger partial charge in [-0.05, 0) is 26.8 Å². The highest BCUT2D eigenvalue weighted by Gasteiger charge is 2.45. The maximum absolute atomic E-state index is 12.4. The van der Waals surface area contributed by atoms with Gasteiger partial charge in [0.15, 0.2) is 0 Å². The minimum absolute atomic E-state index is 0.182. The van der Waals surface area contributed by atoms with Crippen molar-refractivity contribution in [3.63, 3.8) is 0 Å². The number of likely N-dealkylation sites (tertiary alicyclic amines) is 1. The van der Waals surface area contributed by atoms with Crippen molar-refractivity contribution >= 4 is 28.7 Å². The van der Waals surface area contributed by atoms with Crippen LogP contribution < -0.4 is 10.1 Å². The fourth-order valence-electron chi connectivity index (χ4n) is 5.79. The summed E-state index contributed by atoms with van der Waals surface area (Å²) in [6, 6.07) is 3.88. The van der Waals surface area contributed by atoms with Crippen LogP contribution in [0, 0.1) is 5.92 Å². The van der Waals surface area contributed by atoms with Gasteiger partial charge in [-0.1, -0.05) is 0 Å². The zero-order valence-electron chi connectivity index (χ0n) is 24.3. The van der Waals surface area contributed by atoms with Gasteiger partial charge in [-0.15, -0.1) is 0 Å². The lowest BCUT2D eigenvalue weighted by atomic mass is 9.89. The predicted octanol–water partition coefficient (Wildman–Crippen LogP) is 4.03. The summed E-state index contributed by atoms with van der Waals surface area (Å²) in [6.07, 6.45) is 4.91. The molecule has 2 amide bonds. The molecular weight excluding hydrogens is 526 g/mol. The fourth-order valence-corrected chi connectivity index (χ4v) is 5.79. The van der Waals surface area contributed by atoms with Gasteiger partial charge in [-0.25, -0.2) is 14.8 Å². The van der Waals surface area contributed by atoms with E-state index < -0.39 is 11.2 Å². The quantitative estimate of drug-likeness (QED) is 0.495. The molecule has 0 aromatic carbocycles. The van der Waals surface area contributed by atoms with E-state index in [0.717, 1.165) is 45.6 Å². The number of hydrogen-bond acceptors (Lipinski definition) is 8. The van der Waals surface area contributed by atoms with Crippen molar-refractivity contribution in [3.8, 4) is 17.0 Å². The highest BCUT2D eigenvalue weighted by Crippen LogP contribution is 2.44. The van der Waals surface area contributed by atoms with Gasteiger partial charge in [0.1, 0.15) is 22.8 Å². The molecule has 3 aromatic heterocycles. The number of rotatable bonds is 5. The number of aromatic nitrogens is 3. The molecule has 6 heterocycles. The van der Waals surface area contributed by atoms with Gasteiger partial charge in [0, 0.05) is 81.2 Å². The van der Waals surface area contributed by atoms with Crippen molar-refractivity contribution in [2.24, 2.45) is 13.0 Å². The average Bonchev–Trinajstić information content (AvgIpc) is 3.46. The number of aryl methyl sites for hydroxylation is 1. The third kappa shape index (κ3) is 5.36. The molecule has 218 valence electrons. The van der Waals surface area contributed by atoms with Gasteiger partial charge in [-0.3, -0.25) is 4.79 Å². The third-order valence-electron chi connectivity index (χ3n) is 7.77. The second-order valence-corrected chi connectivity index (χ2v) is 12.2. The van der Waals surface area contributed by atoms with Gasteiger partial charge < -0.3 is 33.7 Å². The molecule has 1 N–H and O–H groups in total. The van der Waals surface area contributed by atoms with Crippen molar-refractivity contribution in [2.45, 2.75) is 51.7 Å². The normalized spacial score (nSPS) is 20.7. The number of nitrogens with zero attached hydrogens (tertiary/aromatic N) is 4. The summed E-state index contributed by atoms with van der Waals surface area (Å²) in [6.45, 7) is 10.4. The first-order valence-corrected chi connectivity index (χ1v) is 14.1. The second kappa shape index (κ2) is 10.3. The van der Waals surface area contributed by atoms with E-state index >= 15 is 0 Å². The molecule has 1 unspecified atom stereocenters. The first-order chi connectivity index (χ1) is 19.5. The van der Waals surface area contributed by atoms with Crippen LogP contribution in [0.1, 0.15) is 45.4 Å². The number of amides is 2. The summed E-state index contributed by atoms with van der Waals surface area (Å²) < 4.78 is 26.1. The van der Waals surface area contributed by atoms with Crippen molar-refractivity contribution in [3.05, 3.63) is 35.8 Å². The van der Waals surface area contributed by atoms with Crippen molar-refractivity contribution in [2.75, 3.05) is 44.8 Å². The molecular formula is C30H37N5O6. The Hall–Kier alpha value is -3.70. The van der Waals surface area contributed by atoms with E-state index in [-0.39, 0.29) is 17.9 Å². The summed E-state index contributed by atoms with van der Waals surface area (Å²) in [4.78, 5) is 35.4. The smallest absolute Gasteiger partial charge is 0.410 e. The number of nitrogens with one attached hydrogen (secondary N) is 1. The van der Waals surface area contributed by atoms with Crippen molar-refractivity contribution < 1.29 is 28.5 Å². The Morgan fingerprint density at radius 3 is 2.73 bits per heavy atom. The lowest BCUT2D eigenvalue weighted by molar-refractivity contribution is -0.114. The topological polar surface area (TPSA) is 117 Å². The highest BCUT2D eigenvalue weighted by molar-refractivity contribution is 5.98. The molecule has 2 saturated heterocycles. The molecule has 0 saturated carbocycles. The van der Waals surface area contributed by atoms with Crippen LogP contribution in [0.2, 0.25) is 0 Å². The average molecular weight is 564 g/mol. The number of anilines is 1. The molecule has 0 aliphatic carbocycles. The lowest BCUT2D eigenvalue weighted by Crippen LogP contribution is -2.53. The monoisotopic (exact) mass is 563 g/mol. The van der Waals surface area contributed by atoms with Gasteiger partial charge >= 0.3 is 6.09 Å². The highest BCUT2D eigenvalue weighted by atomic mass is 16.6. The summed E-state index contributed by atoms with van der Waals surface area (Å²) >= 11 is 0. The van der Waals surface area contributed by atoms with Crippen LogP contribution in [0.3, 0.4) is 0 Å². The zero-order chi connectivity index (χ0) is 28.9. The Morgan fingerprint density at radius 1 is 1.22 bits per heavy atom. The molecule has 11 heteroatoms. The van der Waals surface area contributed by atoms with Crippen molar-refractivity contribution in [1.29, 1.82) is 0 Å². The first kappa shape index (κ1) is 27.5. The maximum Gasteiger partial charge on any atom is 0.410 e. The van der Waals surface area contributed by atoms with E-state index in [9.17, 15) is 9.59 Å². The SMILES string of the molecule is CC(=O)Nc1cc2c(-c3cc(OCC4CN(C(=O)OC(C)(C)C)C4)c4c(n3)C3(CCOC3)OCC4)cn(C)c2cn1. The van der Waals surface area contributed by atoms with Crippen LogP contribution in [0.5, 0.6) is 5.75 Å². The second-order valence-electron chi connectivity index (χ2n) is 12.2. The Morgan fingerprint density at radius 2 is 2.02 bits per heavy atom. The van der Waals surface area contributed by atoms with Gasteiger partial charge in [-0.2, -0.15) is 0 Å². The molecule has 11 nitrogen and oxygen atoms in total. The lowest BCUT2D eigenvalue weighted by Gasteiger charge is -2.40. The fraction of sp³-hybridized carbons (Fsp3) is 0.533. The minimum atomic E-state index is -0.598. The molecule has 41 heavy (non-hydrogen) atoms. The number of hydrogen-bond donors (Lipinski definition) is 1. The Balaban J connectivity index is 1.33. The molecule has 0 bridgehead atoms. The minimum Gasteiger partial charge on any atom is -0.493 e. The third-order valence-corrected chi connectivity index (χ3v) is 7.77. The van der Waals surface area contributed by atoms with E-state index in [1.807, 2.05) is 50.7 Å². The Bertz CT molecular complexity index is 1500. The van der Waals surface area contributed by atoms with Crippen molar-refractivity contribution in [1.82, 2.24) is 19.4 Å². The molecule has 3 aliphatic heterocycles. The summed E-state index contributed by atoms with van der Waals surface area (Å²) in [5, 5.41) is 3.70. The van der Waals surface area contributed by atoms with Crippen LogP contribution in [-0.2, 0) is 38.1 Å². The molecule has 1 spiro atoms. The number of ether oxygens (including phenoxy) is 4. The van der Waals surface area contributed by atoms with E-state index in [1.165, 1.54) is 6.92 Å². The largest absolute Gasteiger partial charge is 0.493 e. The number of pyridine rings is 2. The molecule has 1 atom stereocenters. The van der Waals surface area contributed by atoms with Gasteiger partial charge in [0.2, 0.25) is 5.91 Å².